The molecule has 1 N–H and O–H groups in total. The van der Waals surface area contributed by atoms with Gasteiger partial charge in [-0.3, -0.25) is 14.0 Å². The molecule has 0 fully saturated rings. The van der Waals surface area contributed by atoms with Gasteiger partial charge in [-0.15, -0.1) is 0 Å². The second-order valence-corrected chi connectivity index (χ2v) is 5.57. The van der Waals surface area contributed by atoms with Crippen LogP contribution in [0.3, 0.4) is 0 Å². The van der Waals surface area contributed by atoms with E-state index in [-0.39, 0.29) is 11.7 Å². The molecule has 0 saturated carbocycles. The molecule has 2 heterocycles. The van der Waals surface area contributed by atoms with E-state index in [1.54, 1.807) is 28.7 Å². The lowest BCUT2D eigenvalue weighted by Crippen LogP contribution is -2.16. The van der Waals surface area contributed by atoms with Gasteiger partial charge in [0, 0.05) is 17.4 Å². The number of amides is 1. The molecule has 0 spiro atoms. The molecule has 0 aliphatic carbocycles. The number of rotatable bonds is 3. The summed E-state index contributed by atoms with van der Waals surface area (Å²) in [5, 5.41) is 2.84. The number of pyridine rings is 1. The number of ketones is 1. The van der Waals surface area contributed by atoms with Crippen molar-refractivity contribution in [2.24, 2.45) is 0 Å². The largest absolute Gasteiger partial charge is 0.321 e. The fourth-order valence-electron chi connectivity index (χ4n) is 2.55. The molecule has 0 aliphatic heterocycles. The minimum atomic E-state index is -0.249. The number of benzene rings is 1. The Morgan fingerprint density at radius 3 is 2.65 bits per heavy atom. The Morgan fingerprint density at radius 1 is 1.13 bits per heavy atom. The Morgan fingerprint density at radius 2 is 1.91 bits per heavy atom. The Balaban J connectivity index is 1.98. The molecule has 0 atom stereocenters. The molecule has 1 amide bonds. The van der Waals surface area contributed by atoms with Crippen LogP contribution in [0.5, 0.6) is 0 Å². The number of nitrogens with zero attached hydrogens (tertiary/aromatic N) is 2. The molecular formula is C18H17N3O2. The number of carbonyl (C=O) groups excluding carboxylic acids is 2. The summed E-state index contributed by atoms with van der Waals surface area (Å²) in [5.74, 6) is -0.288. The maximum Gasteiger partial charge on any atom is 0.274 e. The van der Waals surface area contributed by atoms with Gasteiger partial charge in [-0.2, -0.15) is 0 Å². The van der Waals surface area contributed by atoms with Crippen LogP contribution in [-0.4, -0.2) is 21.1 Å². The van der Waals surface area contributed by atoms with Gasteiger partial charge in [0.25, 0.3) is 5.91 Å². The van der Waals surface area contributed by atoms with Crippen LogP contribution in [0, 0.1) is 13.8 Å². The van der Waals surface area contributed by atoms with Gasteiger partial charge in [0.15, 0.2) is 5.78 Å². The minimum absolute atomic E-state index is 0.0392. The summed E-state index contributed by atoms with van der Waals surface area (Å²) in [4.78, 5) is 28.5. The molecule has 5 heteroatoms. The van der Waals surface area contributed by atoms with Crippen molar-refractivity contribution in [2.45, 2.75) is 20.8 Å². The van der Waals surface area contributed by atoms with Crippen LogP contribution in [0.4, 0.5) is 5.69 Å². The van der Waals surface area contributed by atoms with Crippen LogP contribution >= 0.6 is 0 Å². The Kier molecular flexibility index (Phi) is 3.70. The molecule has 0 bridgehead atoms. The highest BCUT2D eigenvalue weighted by atomic mass is 16.2. The molecule has 0 saturated heterocycles. The van der Waals surface area contributed by atoms with Crippen LogP contribution in [0.15, 0.2) is 42.6 Å². The van der Waals surface area contributed by atoms with E-state index >= 15 is 0 Å². The van der Waals surface area contributed by atoms with Crippen LogP contribution in [0.1, 0.15) is 39.0 Å². The quantitative estimate of drug-likeness (QED) is 0.754. The first kappa shape index (κ1) is 15.0. The molecule has 0 aliphatic rings. The number of imidazole rings is 1. The van der Waals surface area contributed by atoms with E-state index in [9.17, 15) is 9.59 Å². The van der Waals surface area contributed by atoms with Crippen molar-refractivity contribution in [2.75, 3.05) is 5.32 Å². The first-order valence-electron chi connectivity index (χ1n) is 7.33. The highest BCUT2D eigenvalue weighted by Gasteiger charge is 2.17. The number of aromatic nitrogens is 2. The van der Waals surface area contributed by atoms with Crippen molar-refractivity contribution in [1.82, 2.24) is 9.38 Å². The molecule has 1 aromatic carbocycles. The second kappa shape index (κ2) is 5.68. The molecule has 3 rings (SSSR count). The minimum Gasteiger partial charge on any atom is -0.321 e. The van der Waals surface area contributed by atoms with Crippen molar-refractivity contribution >= 4 is 23.0 Å². The molecule has 0 unspecified atom stereocenters. The first-order valence-corrected chi connectivity index (χ1v) is 7.33. The third kappa shape index (κ3) is 2.85. The van der Waals surface area contributed by atoms with Gasteiger partial charge in [-0.1, -0.05) is 18.2 Å². The lowest BCUT2D eigenvalue weighted by Gasteiger charge is -2.07. The van der Waals surface area contributed by atoms with E-state index in [2.05, 4.69) is 10.3 Å². The number of nitrogens with one attached hydrogen (secondary N) is 1. The summed E-state index contributed by atoms with van der Waals surface area (Å²) in [6.45, 7) is 5.27. The van der Waals surface area contributed by atoms with Crippen molar-refractivity contribution in [1.29, 1.82) is 0 Å². The van der Waals surface area contributed by atoms with Crippen molar-refractivity contribution in [3.63, 3.8) is 0 Å². The first-order chi connectivity index (χ1) is 11.0. The number of hydrogen-bond acceptors (Lipinski definition) is 3. The molecule has 5 nitrogen and oxygen atoms in total. The Labute approximate surface area is 134 Å². The standard InChI is InChI=1S/C18H17N3O2/c1-11-7-8-16-19-12(2)17(21(16)10-11)18(23)20-15-6-4-5-14(9-15)13(3)22/h4-10H,1-3H3,(H,20,23). The zero-order valence-electron chi connectivity index (χ0n) is 13.3. The van der Waals surface area contributed by atoms with Gasteiger partial charge >= 0.3 is 0 Å². The van der Waals surface area contributed by atoms with E-state index in [0.29, 0.717) is 22.6 Å². The summed E-state index contributed by atoms with van der Waals surface area (Å²) in [6, 6.07) is 10.7. The average molecular weight is 307 g/mol. The van der Waals surface area contributed by atoms with Gasteiger partial charge in [0.2, 0.25) is 0 Å². The number of aryl methyl sites for hydroxylation is 2. The van der Waals surface area contributed by atoms with Crippen LogP contribution < -0.4 is 5.32 Å². The smallest absolute Gasteiger partial charge is 0.274 e. The number of carbonyl (C=O) groups is 2. The molecule has 116 valence electrons. The number of Topliss-reactive ketones (excluding diaryl/α,β-unsaturated/α-hetero) is 1. The molecular weight excluding hydrogens is 290 g/mol. The molecule has 23 heavy (non-hydrogen) atoms. The molecule has 2 aromatic heterocycles. The predicted octanol–water partition coefficient (Wildman–Crippen LogP) is 3.41. The highest BCUT2D eigenvalue weighted by Crippen LogP contribution is 2.17. The second-order valence-electron chi connectivity index (χ2n) is 5.57. The number of fused-ring (bicyclic) bond motifs is 1. The molecule has 3 aromatic rings. The predicted molar refractivity (Wildman–Crippen MR) is 89.1 cm³/mol. The Bertz CT molecular complexity index is 925. The van der Waals surface area contributed by atoms with E-state index in [1.807, 2.05) is 32.2 Å². The Hall–Kier alpha value is -2.95. The third-order valence-electron chi connectivity index (χ3n) is 3.68. The van der Waals surface area contributed by atoms with Crippen LogP contribution in [0.25, 0.3) is 5.65 Å². The topological polar surface area (TPSA) is 63.5 Å². The van der Waals surface area contributed by atoms with E-state index < -0.39 is 0 Å². The summed E-state index contributed by atoms with van der Waals surface area (Å²) in [6.07, 6.45) is 1.89. The zero-order chi connectivity index (χ0) is 16.6. The van der Waals surface area contributed by atoms with Crippen LogP contribution in [0.2, 0.25) is 0 Å². The maximum atomic E-state index is 12.6. The highest BCUT2D eigenvalue weighted by molar-refractivity contribution is 6.05. The van der Waals surface area contributed by atoms with Crippen molar-refractivity contribution < 1.29 is 9.59 Å². The van der Waals surface area contributed by atoms with E-state index in [4.69, 9.17) is 0 Å². The maximum absolute atomic E-state index is 12.6. The fourth-order valence-corrected chi connectivity index (χ4v) is 2.55. The van der Waals surface area contributed by atoms with Gasteiger partial charge in [0.05, 0.1) is 5.69 Å². The zero-order valence-corrected chi connectivity index (χ0v) is 13.3. The lowest BCUT2D eigenvalue weighted by atomic mass is 10.1. The van der Waals surface area contributed by atoms with Gasteiger partial charge in [0.1, 0.15) is 11.3 Å². The summed E-state index contributed by atoms with van der Waals surface area (Å²) < 4.78 is 1.79. The summed E-state index contributed by atoms with van der Waals surface area (Å²) in [7, 11) is 0. The van der Waals surface area contributed by atoms with Crippen molar-refractivity contribution in [3.05, 3.63) is 65.1 Å². The van der Waals surface area contributed by atoms with Gasteiger partial charge in [-0.05, 0) is 44.5 Å². The lowest BCUT2D eigenvalue weighted by molar-refractivity contribution is 0.100. The average Bonchev–Trinajstić information content (AvgIpc) is 2.82. The summed E-state index contributed by atoms with van der Waals surface area (Å²) in [5.41, 5.74) is 4.09. The van der Waals surface area contributed by atoms with Gasteiger partial charge < -0.3 is 5.32 Å². The monoisotopic (exact) mass is 307 g/mol. The summed E-state index contributed by atoms with van der Waals surface area (Å²) >= 11 is 0. The fraction of sp³-hybridized carbons (Fsp3) is 0.167. The van der Waals surface area contributed by atoms with E-state index in [0.717, 1.165) is 11.2 Å². The van der Waals surface area contributed by atoms with Crippen LogP contribution in [-0.2, 0) is 0 Å². The normalized spacial score (nSPS) is 10.7. The van der Waals surface area contributed by atoms with E-state index in [1.165, 1.54) is 6.92 Å². The SMILES string of the molecule is CC(=O)c1cccc(NC(=O)c2c(C)nc3ccc(C)cn23)c1. The third-order valence-corrected chi connectivity index (χ3v) is 3.68. The van der Waals surface area contributed by atoms with Crippen molar-refractivity contribution in [3.8, 4) is 0 Å². The number of anilines is 1. The molecule has 0 radical (unpaired) electrons. The van der Waals surface area contributed by atoms with Gasteiger partial charge in [-0.25, -0.2) is 4.98 Å². The number of hydrogen-bond donors (Lipinski definition) is 1.